The third kappa shape index (κ3) is 4.42. The monoisotopic (exact) mass is 513 g/mol. The molecule has 8 nitrogen and oxygen atoms in total. The molecule has 1 aliphatic heterocycles. The van der Waals surface area contributed by atoms with Gasteiger partial charge in [-0.15, -0.1) is 0 Å². The number of aromatic nitrogens is 4. The molecule has 0 spiro atoms. The van der Waals surface area contributed by atoms with Crippen LogP contribution in [0.25, 0.3) is 33.1 Å². The Labute approximate surface area is 217 Å². The molecule has 1 saturated heterocycles. The molecule has 184 valence electrons. The summed E-state index contributed by atoms with van der Waals surface area (Å²) in [5.74, 6) is 0.528. The lowest BCUT2D eigenvalue weighted by molar-refractivity contribution is 0.267. The zero-order chi connectivity index (χ0) is 25.4. The van der Waals surface area contributed by atoms with Crippen molar-refractivity contribution >= 4 is 33.5 Å². The van der Waals surface area contributed by atoms with Crippen molar-refractivity contribution in [2.45, 2.75) is 0 Å². The number of fused-ring (bicyclic) bond motifs is 3. The van der Waals surface area contributed by atoms with Gasteiger partial charge in [-0.1, -0.05) is 17.7 Å². The molecule has 37 heavy (non-hydrogen) atoms. The van der Waals surface area contributed by atoms with Crippen molar-refractivity contribution in [3.05, 3.63) is 78.1 Å². The zero-order valence-corrected chi connectivity index (χ0v) is 20.4. The van der Waals surface area contributed by atoms with Gasteiger partial charge in [0.05, 0.1) is 29.4 Å². The van der Waals surface area contributed by atoms with E-state index in [2.05, 4.69) is 30.9 Å². The van der Waals surface area contributed by atoms with Crippen LogP contribution in [0.5, 0.6) is 11.6 Å². The number of imidazole rings is 1. The van der Waals surface area contributed by atoms with Crippen molar-refractivity contribution in [2.24, 2.45) is 0 Å². The summed E-state index contributed by atoms with van der Waals surface area (Å²) in [7, 11) is 0. The first-order valence-electron chi connectivity index (χ1n) is 11.8. The summed E-state index contributed by atoms with van der Waals surface area (Å²) in [6, 6.07) is 15.9. The van der Waals surface area contributed by atoms with Gasteiger partial charge in [0.15, 0.2) is 0 Å². The summed E-state index contributed by atoms with van der Waals surface area (Å²) in [5.41, 5.74) is 3.01. The molecule has 3 aromatic heterocycles. The van der Waals surface area contributed by atoms with Crippen LogP contribution in [0.15, 0.2) is 67.3 Å². The Hall–Kier alpha value is -4.26. The van der Waals surface area contributed by atoms with Crippen LogP contribution in [0.4, 0.5) is 4.39 Å². The van der Waals surface area contributed by atoms with Crippen LogP contribution in [0, 0.1) is 17.1 Å². The van der Waals surface area contributed by atoms with E-state index in [1.165, 1.54) is 6.07 Å². The van der Waals surface area contributed by atoms with Crippen LogP contribution in [-0.2, 0) is 0 Å². The highest BCUT2D eigenvalue weighted by molar-refractivity contribution is 6.33. The lowest BCUT2D eigenvalue weighted by Gasteiger charge is -2.35. The molecular weight excluding hydrogens is 493 g/mol. The van der Waals surface area contributed by atoms with Gasteiger partial charge in [0.25, 0.3) is 0 Å². The topological polar surface area (TPSA) is 83.1 Å². The average Bonchev–Trinajstić information content (AvgIpc) is 3.35. The Balaban J connectivity index is 1.39. The largest absolute Gasteiger partial charge is 0.439 e. The fourth-order valence-corrected chi connectivity index (χ4v) is 4.91. The molecular formula is C27H21ClFN7O. The standard InChI is InChI=1S/C27H21ClFN7O/c28-22-13-18(37-26-3-1-2-7-31-26)4-5-19(22)20-14-21-24(15-23(20)29)32-16-25-27(21)36(17-33-25)35-11-9-34(8-6-30)10-12-35/h1-5,7,13-17H,8-12H2. The molecule has 0 aliphatic carbocycles. The Morgan fingerprint density at radius 1 is 0.973 bits per heavy atom. The third-order valence-corrected chi connectivity index (χ3v) is 6.80. The smallest absolute Gasteiger partial charge is 0.219 e. The second kappa shape index (κ2) is 9.65. The number of rotatable bonds is 5. The summed E-state index contributed by atoms with van der Waals surface area (Å²) in [6.07, 6.45) is 5.07. The van der Waals surface area contributed by atoms with Gasteiger partial charge in [0, 0.05) is 67.1 Å². The lowest BCUT2D eigenvalue weighted by atomic mass is 10.0. The Morgan fingerprint density at radius 3 is 2.59 bits per heavy atom. The molecule has 0 atom stereocenters. The number of pyridine rings is 2. The molecule has 0 N–H and O–H groups in total. The Bertz CT molecular complexity index is 1640. The predicted molar refractivity (Wildman–Crippen MR) is 140 cm³/mol. The highest BCUT2D eigenvalue weighted by Gasteiger charge is 2.21. The maximum atomic E-state index is 15.3. The van der Waals surface area contributed by atoms with Crippen LogP contribution in [0.1, 0.15) is 0 Å². The maximum Gasteiger partial charge on any atom is 0.219 e. The number of nitriles is 1. The first-order chi connectivity index (χ1) is 18.1. The number of halogens is 2. The SMILES string of the molecule is N#CCN1CCN(n2cnc3cnc4cc(F)c(-c5ccc(Oc6ccccn6)cc5Cl)cc4c32)CC1. The lowest BCUT2D eigenvalue weighted by Crippen LogP contribution is -2.50. The van der Waals surface area contributed by atoms with Crippen molar-refractivity contribution in [1.82, 2.24) is 24.5 Å². The minimum Gasteiger partial charge on any atom is -0.439 e. The summed E-state index contributed by atoms with van der Waals surface area (Å²) in [6.45, 7) is 3.46. The summed E-state index contributed by atoms with van der Waals surface area (Å²) >= 11 is 6.61. The average molecular weight is 514 g/mol. The Kier molecular flexibility index (Phi) is 6.04. The predicted octanol–water partition coefficient (Wildman–Crippen LogP) is 5.01. The maximum absolute atomic E-state index is 15.3. The number of hydrogen-bond acceptors (Lipinski definition) is 7. The zero-order valence-electron chi connectivity index (χ0n) is 19.7. The van der Waals surface area contributed by atoms with Crippen molar-refractivity contribution in [2.75, 3.05) is 37.7 Å². The second-order valence-corrected chi connectivity index (χ2v) is 9.14. The molecule has 0 saturated carbocycles. The number of hydrogen-bond donors (Lipinski definition) is 0. The first kappa shape index (κ1) is 23.2. The van der Waals surface area contributed by atoms with E-state index in [4.69, 9.17) is 21.6 Å². The highest BCUT2D eigenvalue weighted by Crippen LogP contribution is 2.37. The molecule has 0 amide bonds. The number of nitrogens with zero attached hydrogens (tertiary/aromatic N) is 7. The molecule has 6 rings (SSSR count). The van der Waals surface area contributed by atoms with Crippen molar-refractivity contribution in [1.29, 1.82) is 5.26 Å². The van der Waals surface area contributed by atoms with E-state index in [1.807, 2.05) is 10.7 Å². The summed E-state index contributed by atoms with van der Waals surface area (Å²) < 4.78 is 23.1. The van der Waals surface area contributed by atoms with Gasteiger partial charge >= 0.3 is 0 Å². The van der Waals surface area contributed by atoms with Crippen molar-refractivity contribution < 1.29 is 9.13 Å². The molecule has 0 radical (unpaired) electrons. The van der Waals surface area contributed by atoms with Crippen LogP contribution < -0.4 is 9.75 Å². The fourth-order valence-electron chi connectivity index (χ4n) is 4.64. The van der Waals surface area contributed by atoms with E-state index in [0.717, 1.165) is 42.6 Å². The van der Waals surface area contributed by atoms with Gasteiger partial charge in [-0.05, 0) is 24.3 Å². The quantitative estimate of drug-likeness (QED) is 0.305. The molecule has 0 unspecified atom stereocenters. The van der Waals surface area contributed by atoms with E-state index < -0.39 is 5.82 Å². The van der Waals surface area contributed by atoms with Crippen LogP contribution >= 0.6 is 11.6 Å². The van der Waals surface area contributed by atoms with Crippen molar-refractivity contribution in [3.8, 4) is 28.8 Å². The van der Waals surface area contributed by atoms with Gasteiger partial charge in [0.2, 0.25) is 5.88 Å². The van der Waals surface area contributed by atoms with Gasteiger partial charge in [-0.25, -0.2) is 19.0 Å². The van der Waals surface area contributed by atoms with E-state index in [1.54, 1.807) is 55.1 Å². The minimum atomic E-state index is -0.421. The molecule has 1 aliphatic rings. The summed E-state index contributed by atoms with van der Waals surface area (Å²) in [4.78, 5) is 15.3. The van der Waals surface area contributed by atoms with E-state index >= 15 is 4.39 Å². The van der Waals surface area contributed by atoms with Crippen LogP contribution in [0.3, 0.4) is 0 Å². The van der Waals surface area contributed by atoms with Gasteiger partial charge < -0.3 is 9.75 Å². The van der Waals surface area contributed by atoms with E-state index in [0.29, 0.717) is 39.8 Å². The normalized spacial score (nSPS) is 14.2. The fraction of sp³-hybridized carbons (Fsp3) is 0.185. The highest BCUT2D eigenvalue weighted by atomic mass is 35.5. The Morgan fingerprint density at radius 2 is 1.84 bits per heavy atom. The molecule has 0 bridgehead atoms. The van der Waals surface area contributed by atoms with Gasteiger partial charge in [0.1, 0.15) is 28.9 Å². The van der Waals surface area contributed by atoms with Gasteiger partial charge in [-0.2, -0.15) is 5.26 Å². The molecule has 4 heterocycles. The molecule has 10 heteroatoms. The summed E-state index contributed by atoms with van der Waals surface area (Å²) in [5, 5.41) is 12.3. The van der Waals surface area contributed by atoms with E-state index in [-0.39, 0.29) is 0 Å². The van der Waals surface area contributed by atoms with E-state index in [9.17, 15) is 0 Å². The second-order valence-electron chi connectivity index (χ2n) is 8.73. The number of benzene rings is 2. The molecule has 1 fully saturated rings. The van der Waals surface area contributed by atoms with Crippen molar-refractivity contribution in [3.63, 3.8) is 0 Å². The van der Waals surface area contributed by atoms with Gasteiger partial charge in [-0.3, -0.25) is 9.88 Å². The van der Waals surface area contributed by atoms with Crippen LogP contribution in [0.2, 0.25) is 5.02 Å². The first-order valence-corrected chi connectivity index (χ1v) is 12.2. The minimum absolute atomic E-state index is 0.355. The third-order valence-electron chi connectivity index (χ3n) is 6.48. The van der Waals surface area contributed by atoms with Crippen LogP contribution in [-0.4, -0.2) is 57.3 Å². The number of piperazine rings is 1. The molecule has 2 aromatic carbocycles. The molecule has 5 aromatic rings. The number of ether oxygens (including phenoxy) is 1.